The van der Waals surface area contributed by atoms with E-state index in [1.54, 1.807) is 12.1 Å². The average Bonchev–Trinajstić information content (AvgIpc) is 2.49. The van der Waals surface area contributed by atoms with Crippen LogP contribution in [0.3, 0.4) is 0 Å². The summed E-state index contributed by atoms with van der Waals surface area (Å²) in [6, 6.07) is 5.41. The van der Waals surface area contributed by atoms with Gasteiger partial charge in [-0.25, -0.2) is 0 Å². The first-order valence-electron chi connectivity index (χ1n) is 7.86. The fraction of sp³-hybridized carbons (Fsp3) is 0.625. The topological polar surface area (TPSA) is 58.4 Å². The lowest BCUT2D eigenvalue weighted by Gasteiger charge is -2.51. The Morgan fingerprint density at radius 3 is 2.76 bits per heavy atom. The van der Waals surface area contributed by atoms with Crippen LogP contribution in [0.1, 0.15) is 37.7 Å². The number of nitrogens with zero attached hydrogens (tertiary/aromatic N) is 2. The Labute approximate surface area is 125 Å². The van der Waals surface area contributed by atoms with Gasteiger partial charge < -0.3 is 10.2 Å². The van der Waals surface area contributed by atoms with Crippen molar-refractivity contribution in [3.63, 3.8) is 0 Å². The van der Waals surface area contributed by atoms with Crippen molar-refractivity contribution in [2.45, 2.75) is 44.6 Å². The smallest absolute Gasteiger partial charge is 0.292 e. The summed E-state index contributed by atoms with van der Waals surface area (Å²) in [5.41, 5.74) is 2.16. The predicted octanol–water partition coefficient (Wildman–Crippen LogP) is 3.02. The highest BCUT2D eigenvalue weighted by molar-refractivity contribution is 5.69. The maximum absolute atomic E-state index is 11.5. The molecular weight excluding hydrogens is 266 g/mol. The number of piperazine rings is 1. The Morgan fingerprint density at radius 2 is 2.05 bits per heavy atom. The van der Waals surface area contributed by atoms with Gasteiger partial charge in [-0.1, -0.05) is 31.4 Å². The van der Waals surface area contributed by atoms with Crippen LogP contribution in [0.5, 0.6) is 0 Å². The van der Waals surface area contributed by atoms with E-state index in [0.29, 0.717) is 0 Å². The molecule has 1 aliphatic heterocycles. The van der Waals surface area contributed by atoms with Gasteiger partial charge in [0, 0.05) is 25.7 Å². The maximum Gasteiger partial charge on any atom is 0.292 e. The van der Waals surface area contributed by atoms with E-state index in [0.717, 1.165) is 43.7 Å². The molecule has 5 heteroatoms. The lowest BCUT2D eigenvalue weighted by Crippen LogP contribution is -2.62. The number of hydrogen-bond acceptors (Lipinski definition) is 4. The predicted molar refractivity (Wildman–Crippen MR) is 83.9 cm³/mol. The van der Waals surface area contributed by atoms with E-state index in [1.807, 2.05) is 13.0 Å². The number of anilines is 1. The standard InChI is InChI=1S/C16H23N3O2/c1-13-6-5-7-14(19(20)21)15(13)18-11-10-17-12-16(18)8-3-2-4-9-16/h5-7,17H,2-4,8-12H2,1H3. The van der Waals surface area contributed by atoms with Crippen LogP contribution >= 0.6 is 0 Å². The Kier molecular flexibility index (Phi) is 3.85. The minimum atomic E-state index is -0.235. The number of para-hydroxylation sites is 1. The lowest BCUT2D eigenvalue weighted by atomic mass is 9.78. The van der Waals surface area contributed by atoms with Crippen LogP contribution < -0.4 is 10.2 Å². The molecule has 114 valence electrons. The molecule has 1 aliphatic carbocycles. The van der Waals surface area contributed by atoms with E-state index < -0.39 is 0 Å². The molecule has 1 heterocycles. The van der Waals surface area contributed by atoms with E-state index in [2.05, 4.69) is 10.2 Å². The molecule has 1 spiro atoms. The number of nitro benzene ring substituents is 1. The average molecular weight is 289 g/mol. The highest BCUT2D eigenvalue weighted by atomic mass is 16.6. The summed E-state index contributed by atoms with van der Waals surface area (Å²) < 4.78 is 0. The molecule has 0 aromatic heterocycles. The summed E-state index contributed by atoms with van der Waals surface area (Å²) in [6.07, 6.45) is 5.98. The molecule has 1 N–H and O–H groups in total. The quantitative estimate of drug-likeness (QED) is 0.671. The zero-order chi connectivity index (χ0) is 14.9. The van der Waals surface area contributed by atoms with Crippen LogP contribution in [0, 0.1) is 17.0 Å². The highest BCUT2D eigenvalue weighted by Crippen LogP contribution is 2.42. The second-order valence-electron chi connectivity index (χ2n) is 6.31. The van der Waals surface area contributed by atoms with Gasteiger partial charge in [0.05, 0.1) is 10.5 Å². The van der Waals surface area contributed by atoms with Crippen LogP contribution in [0.15, 0.2) is 18.2 Å². The first-order chi connectivity index (χ1) is 10.1. The van der Waals surface area contributed by atoms with Crippen molar-refractivity contribution in [2.24, 2.45) is 0 Å². The van der Waals surface area contributed by atoms with Crippen molar-refractivity contribution >= 4 is 11.4 Å². The zero-order valence-corrected chi connectivity index (χ0v) is 12.6. The molecule has 21 heavy (non-hydrogen) atoms. The van der Waals surface area contributed by atoms with E-state index in [1.165, 1.54) is 19.3 Å². The van der Waals surface area contributed by atoms with Gasteiger partial charge in [-0.3, -0.25) is 10.1 Å². The number of benzene rings is 1. The number of rotatable bonds is 2. The van der Waals surface area contributed by atoms with Gasteiger partial charge in [-0.05, 0) is 25.3 Å². The maximum atomic E-state index is 11.5. The molecule has 5 nitrogen and oxygen atoms in total. The molecule has 0 radical (unpaired) electrons. The second kappa shape index (κ2) is 5.64. The van der Waals surface area contributed by atoms with Crippen LogP contribution in [0.2, 0.25) is 0 Å². The molecule has 2 fully saturated rings. The normalized spacial score (nSPS) is 21.5. The number of nitrogens with one attached hydrogen (secondary N) is 1. The van der Waals surface area contributed by atoms with Crippen molar-refractivity contribution in [3.05, 3.63) is 33.9 Å². The minimum absolute atomic E-state index is 0.0629. The minimum Gasteiger partial charge on any atom is -0.358 e. The Morgan fingerprint density at radius 1 is 1.29 bits per heavy atom. The monoisotopic (exact) mass is 289 g/mol. The van der Waals surface area contributed by atoms with Gasteiger partial charge in [0.2, 0.25) is 0 Å². The van der Waals surface area contributed by atoms with Crippen molar-refractivity contribution < 1.29 is 4.92 Å². The van der Waals surface area contributed by atoms with E-state index in [4.69, 9.17) is 0 Å². The Balaban J connectivity index is 2.06. The van der Waals surface area contributed by atoms with Crippen molar-refractivity contribution in [1.82, 2.24) is 5.32 Å². The Hall–Kier alpha value is -1.62. The molecule has 0 bridgehead atoms. The van der Waals surface area contributed by atoms with Crippen LogP contribution in [0.4, 0.5) is 11.4 Å². The molecule has 0 amide bonds. The first kappa shape index (κ1) is 14.3. The molecular formula is C16H23N3O2. The van der Waals surface area contributed by atoms with Gasteiger partial charge in [0.15, 0.2) is 0 Å². The Bertz CT molecular complexity index is 530. The highest BCUT2D eigenvalue weighted by Gasteiger charge is 2.42. The summed E-state index contributed by atoms with van der Waals surface area (Å²) in [5, 5.41) is 15.0. The fourth-order valence-corrected chi connectivity index (χ4v) is 3.99. The summed E-state index contributed by atoms with van der Waals surface area (Å²) >= 11 is 0. The number of nitro groups is 1. The first-order valence-corrected chi connectivity index (χ1v) is 7.86. The summed E-state index contributed by atoms with van der Waals surface area (Å²) in [6.45, 7) is 4.68. The van der Waals surface area contributed by atoms with Crippen molar-refractivity contribution in [3.8, 4) is 0 Å². The van der Waals surface area contributed by atoms with Gasteiger partial charge in [0.1, 0.15) is 5.69 Å². The van der Waals surface area contributed by atoms with Gasteiger partial charge in [-0.15, -0.1) is 0 Å². The van der Waals surface area contributed by atoms with Gasteiger partial charge >= 0.3 is 0 Å². The van der Waals surface area contributed by atoms with Gasteiger partial charge in [0.25, 0.3) is 5.69 Å². The zero-order valence-electron chi connectivity index (χ0n) is 12.6. The summed E-state index contributed by atoms with van der Waals surface area (Å²) in [4.78, 5) is 13.6. The van der Waals surface area contributed by atoms with Crippen LogP contribution in [-0.2, 0) is 0 Å². The number of aryl methyl sites for hydroxylation is 1. The number of hydrogen-bond donors (Lipinski definition) is 1. The lowest BCUT2D eigenvalue weighted by molar-refractivity contribution is -0.384. The molecule has 0 unspecified atom stereocenters. The van der Waals surface area contributed by atoms with Crippen molar-refractivity contribution in [2.75, 3.05) is 24.5 Å². The molecule has 1 aromatic rings. The molecule has 1 saturated heterocycles. The van der Waals surface area contributed by atoms with E-state index in [-0.39, 0.29) is 16.1 Å². The van der Waals surface area contributed by atoms with Gasteiger partial charge in [-0.2, -0.15) is 0 Å². The molecule has 1 saturated carbocycles. The van der Waals surface area contributed by atoms with E-state index >= 15 is 0 Å². The summed E-state index contributed by atoms with van der Waals surface area (Å²) in [7, 11) is 0. The molecule has 0 atom stereocenters. The van der Waals surface area contributed by atoms with Crippen LogP contribution in [-0.4, -0.2) is 30.1 Å². The third-order valence-corrected chi connectivity index (χ3v) is 5.01. The van der Waals surface area contributed by atoms with E-state index in [9.17, 15) is 10.1 Å². The summed E-state index contributed by atoms with van der Waals surface area (Å²) in [5.74, 6) is 0. The fourth-order valence-electron chi connectivity index (χ4n) is 3.99. The third kappa shape index (κ3) is 2.50. The SMILES string of the molecule is Cc1cccc([N+](=O)[O-])c1N1CCNCC12CCCCC2. The molecule has 3 rings (SSSR count). The molecule has 1 aromatic carbocycles. The third-order valence-electron chi connectivity index (χ3n) is 5.01. The van der Waals surface area contributed by atoms with Crippen LogP contribution in [0.25, 0.3) is 0 Å². The largest absolute Gasteiger partial charge is 0.358 e. The second-order valence-corrected chi connectivity index (χ2v) is 6.31. The van der Waals surface area contributed by atoms with Crippen molar-refractivity contribution in [1.29, 1.82) is 0 Å². The molecule has 2 aliphatic rings.